The first-order chi connectivity index (χ1) is 61.1. The van der Waals surface area contributed by atoms with Crippen LogP contribution in [-0.4, -0.2) is 47.5 Å². The van der Waals surface area contributed by atoms with Crippen molar-refractivity contribution in [2.75, 3.05) is 14.1 Å². The fourth-order valence-electron chi connectivity index (χ4n) is 23.4. The molecule has 0 saturated heterocycles. The van der Waals surface area contributed by atoms with Crippen LogP contribution in [0.4, 0.5) is 0 Å². The predicted molar refractivity (Wildman–Crippen MR) is 573 cm³/mol. The van der Waals surface area contributed by atoms with Crippen LogP contribution in [0.3, 0.4) is 0 Å². The Labute approximate surface area is 806 Å². The van der Waals surface area contributed by atoms with E-state index in [0.717, 1.165) is 9.80 Å². The van der Waals surface area contributed by atoms with E-state index < -0.39 is 23.6 Å². The average Bonchev–Trinajstić information content (AvgIpc) is 1.31. The summed E-state index contributed by atoms with van der Waals surface area (Å²) < 4.78 is 0. The van der Waals surface area contributed by atoms with E-state index in [9.17, 15) is 19.2 Å². The van der Waals surface area contributed by atoms with Gasteiger partial charge in [-0.05, 0) is 585 Å². The fourth-order valence-corrected chi connectivity index (χ4v) is 23.4. The van der Waals surface area contributed by atoms with Crippen LogP contribution in [-0.2, 0) is 27.1 Å². The van der Waals surface area contributed by atoms with Gasteiger partial charge in [0.1, 0.15) is 0 Å². The van der Waals surface area contributed by atoms with Crippen molar-refractivity contribution in [2.24, 2.45) is 0 Å². The maximum Gasteiger partial charge on any atom is 0.261 e. The van der Waals surface area contributed by atoms with Crippen molar-refractivity contribution >= 4 is 34.4 Å². The van der Waals surface area contributed by atoms with Gasteiger partial charge in [0.05, 0.1) is 22.3 Å². The van der Waals surface area contributed by atoms with E-state index in [0.29, 0.717) is 55.3 Å². The Hall–Kier alpha value is -10.6. The van der Waals surface area contributed by atoms with Crippen LogP contribution < -0.4 is 0 Å². The summed E-state index contributed by atoms with van der Waals surface area (Å²) in [7, 11) is 2.92. The van der Waals surface area contributed by atoms with Gasteiger partial charge in [-0.3, -0.25) is 29.0 Å². The molecule has 0 bridgehead atoms. The summed E-state index contributed by atoms with van der Waals surface area (Å²) in [5.41, 5.74) is 74.0. The summed E-state index contributed by atoms with van der Waals surface area (Å²) in [5.74, 6) is 17.0. The Morgan fingerprint density at radius 1 is 0.165 bits per heavy atom. The Bertz CT molecular complexity index is 6170. The molecule has 10 aromatic rings. The molecule has 704 valence electrons. The van der Waals surface area contributed by atoms with Crippen molar-refractivity contribution in [1.82, 2.24) is 9.80 Å². The third kappa shape index (κ3) is 16.1. The van der Waals surface area contributed by atoms with Gasteiger partial charge in [0.25, 0.3) is 23.6 Å². The van der Waals surface area contributed by atoms with Crippen LogP contribution in [0.1, 0.15) is 398 Å². The van der Waals surface area contributed by atoms with Crippen molar-refractivity contribution in [2.45, 2.75) is 387 Å². The van der Waals surface area contributed by atoms with Gasteiger partial charge in [0.15, 0.2) is 0 Å². The molecule has 6 nitrogen and oxygen atoms in total. The molecule has 2 heterocycles. The molecule has 3 aliphatic carbocycles. The number of nitrogens with zero attached hydrogens (tertiary/aromatic N) is 2. The van der Waals surface area contributed by atoms with Crippen molar-refractivity contribution < 1.29 is 19.2 Å². The van der Waals surface area contributed by atoms with Gasteiger partial charge >= 0.3 is 0 Å². The summed E-state index contributed by atoms with van der Waals surface area (Å²) in [4.78, 5) is 53.7. The number of carbonyl (C=O) groups is 4. The number of fused-ring (bicyclic) bond motifs is 3. The third-order valence-electron chi connectivity index (χ3n) is 36.6. The van der Waals surface area contributed by atoms with Crippen molar-refractivity contribution in [3.63, 3.8) is 0 Å². The van der Waals surface area contributed by atoms with Crippen LogP contribution in [0.25, 0.3) is 33.0 Å². The topological polar surface area (TPSA) is 74.8 Å². The molecule has 0 unspecified atom stereocenters. The second kappa shape index (κ2) is 37.2. The van der Waals surface area contributed by atoms with E-state index >= 15 is 0 Å². The molecule has 133 heavy (non-hydrogen) atoms. The summed E-state index contributed by atoms with van der Waals surface area (Å²) in [5, 5.41) is 0.896. The molecule has 15 rings (SSSR count). The van der Waals surface area contributed by atoms with Crippen LogP contribution >= 0.6 is 0 Å². The van der Waals surface area contributed by atoms with E-state index in [1.54, 1.807) is 72.2 Å². The van der Waals surface area contributed by atoms with E-state index in [1.165, 1.54) is 237 Å². The molecule has 4 amide bonds. The number of hydrogen-bond donors (Lipinski definition) is 0. The Balaban J connectivity index is 0.000000179. The molecule has 0 N–H and O–H groups in total. The smallest absolute Gasteiger partial charge is 0.261 e. The fraction of sp³-hybridized carbons (Fsp3) is 0.465. The lowest BCUT2D eigenvalue weighted by atomic mass is 9.45. The summed E-state index contributed by atoms with van der Waals surface area (Å²) in [6.45, 7) is 116. The molecular formula is C127H162N2O4. The molecule has 0 radical (unpaired) electrons. The minimum absolute atomic E-state index is 0.0634. The second-order valence-electron chi connectivity index (χ2n) is 43.1. The Morgan fingerprint density at radius 2 is 0.293 bits per heavy atom. The molecule has 0 atom stereocenters. The summed E-state index contributed by atoms with van der Waals surface area (Å²) >= 11 is 0. The largest absolute Gasteiger partial charge is 0.277 e. The first kappa shape index (κ1) is 106. The number of benzene rings is 10. The first-order valence-electron chi connectivity index (χ1n) is 48.4. The quantitative estimate of drug-likeness (QED) is 0.112. The summed E-state index contributed by atoms with van der Waals surface area (Å²) in [6.07, 6.45) is 0. The maximum atomic E-state index is 12.9. The standard InChI is InChI=1S/C30H42.C23H30.C20H18N2O4.3C14H18.C12H18/c1-15-17(3)23-21-22-25(29(11,12)27(23,7)8)19(5)16(2)20(6)26(22)30(13,14)28(9,10)24(21)18(15)4;1-11-13(3)17(7)21-19(15(11)5)20-16(6)12(2)14(4)18(8)22(20)23(21,9)10;1-7-8(2)12-16-14(20(26)22(6)18(12)24)10(4)9(3)13-15(16)11(7)17(23)21(5)19(13)25;3*1-7-8-14-12(5)10(3)9(2)11(4)13(14)6;1-7-8(2)10(4)12(6)11(5)9(7)3/h1-14H3;1-10H3;1-6H3;3*1-6H3;1-6H3. The molecule has 5 aliphatic rings. The van der Waals surface area contributed by atoms with Gasteiger partial charge in [-0.2, -0.15) is 0 Å². The lowest BCUT2D eigenvalue weighted by molar-refractivity contribution is 0.0627. The third-order valence-corrected chi connectivity index (χ3v) is 36.6. The maximum absolute atomic E-state index is 12.9. The van der Waals surface area contributed by atoms with E-state index in [-0.39, 0.29) is 27.1 Å². The lowest BCUT2D eigenvalue weighted by Crippen LogP contribution is -2.51. The number of imide groups is 2. The van der Waals surface area contributed by atoms with Crippen molar-refractivity contribution in [3.05, 3.63) is 289 Å². The number of hydrogen-bond acceptors (Lipinski definition) is 4. The zero-order valence-corrected chi connectivity index (χ0v) is 93.0. The van der Waals surface area contributed by atoms with Gasteiger partial charge in [0.2, 0.25) is 0 Å². The SMILES string of the molecule is CC#Cc1c(C)c(C)c(C)c(C)c1C.CC#Cc1c(C)c(C)c(C)c(C)c1C.CC#Cc1c(C)c(C)c(C)c(C)c1C.Cc1c(C)c(C)c(C)c(C)c1C.Cc1c(C)c(C)c2c(c1C)-c1c(C)c(C)c(C)c(C)c1C2(C)C.Cc1c(C)c2c3c(c(C)c(C)c4c3c1C(=O)N(C)C4=O)C(=O)N(C)C2=O.Cc1c(C)c2c3c(c1C)C(C)(C)C(C)(C)c1c(C)c(C)c(C)c(c1-3)C(C)(C)C2(C)C. The molecular weight excluding hydrogens is 1620 g/mol. The minimum Gasteiger partial charge on any atom is -0.277 e. The molecule has 0 saturated carbocycles. The molecule has 10 aromatic carbocycles. The van der Waals surface area contributed by atoms with Crippen LogP contribution in [0.15, 0.2) is 0 Å². The number of rotatable bonds is 0. The van der Waals surface area contributed by atoms with Gasteiger partial charge in [-0.25, -0.2) is 0 Å². The van der Waals surface area contributed by atoms with Crippen molar-refractivity contribution in [1.29, 1.82) is 0 Å². The highest BCUT2D eigenvalue weighted by molar-refractivity contribution is 6.35. The van der Waals surface area contributed by atoms with E-state index in [1.807, 2.05) is 20.8 Å². The van der Waals surface area contributed by atoms with Crippen LogP contribution in [0, 0.1) is 306 Å². The number of amides is 4. The molecule has 0 spiro atoms. The van der Waals surface area contributed by atoms with E-state index in [2.05, 4.69) is 347 Å². The van der Waals surface area contributed by atoms with Crippen LogP contribution in [0.5, 0.6) is 0 Å². The molecule has 0 aromatic heterocycles. The number of carbonyl (C=O) groups excluding carboxylic acids is 4. The normalized spacial score (nSPS) is 14.5. The first-order valence-corrected chi connectivity index (χ1v) is 48.4. The van der Waals surface area contributed by atoms with Gasteiger partial charge < -0.3 is 0 Å². The van der Waals surface area contributed by atoms with Gasteiger partial charge in [0, 0.05) is 47.0 Å². The monoisotopic (exact) mass is 1780 g/mol. The lowest BCUT2D eigenvalue weighted by Gasteiger charge is -2.58. The van der Waals surface area contributed by atoms with Gasteiger partial charge in [-0.1, -0.05) is 87.0 Å². The van der Waals surface area contributed by atoms with Crippen molar-refractivity contribution in [3.8, 4) is 57.8 Å². The highest BCUT2D eigenvalue weighted by Gasteiger charge is 2.57. The highest BCUT2D eigenvalue weighted by Crippen LogP contribution is 2.67. The van der Waals surface area contributed by atoms with Gasteiger partial charge in [-0.15, -0.1) is 17.8 Å². The zero-order valence-electron chi connectivity index (χ0n) is 93.0. The van der Waals surface area contributed by atoms with Crippen LogP contribution in [0.2, 0.25) is 0 Å². The molecule has 0 fully saturated rings. The predicted octanol–water partition coefficient (Wildman–Crippen LogP) is 31.7. The average molecular weight is 1780 g/mol. The molecule has 6 heteroatoms. The summed E-state index contributed by atoms with van der Waals surface area (Å²) in [6, 6.07) is 0. The highest BCUT2D eigenvalue weighted by atomic mass is 16.2. The second-order valence-corrected chi connectivity index (χ2v) is 43.1. The zero-order chi connectivity index (χ0) is 102. The van der Waals surface area contributed by atoms with E-state index in [4.69, 9.17) is 0 Å². The Morgan fingerprint density at radius 3 is 0.459 bits per heavy atom. The minimum atomic E-state index is -0.400. The Kier molecular flexibility index (Phi) is 29.7. The molecule has 2 aliphatic heterocycles.